The lowest BCUT2D eigenvalue weighted by atomic mass is 10.1. The van der Waals surface area contributed by atoms with Gasteiger partial charge in [-0.2, -0.15) is 0 Å². The van der Waals surface area contributed by atoms with Gasteiger partial charge in [0.05, 0.1) is 5.25 Å². The average molecular weight is 484 g/mol. The van der Waals surface area contributed by atoms with Crippen LogP contribution in [0, 0.1) is 0 Å². The Balaban J connectivity index is 1.31. The largest absolute Gasteiger partial charge is 0.326 e. The van der Waals surface area contributed by atoms with E-state index in [9.17, 15) is 14.4 Å². The fraction of sp³-hybridized carbons (Fsp3) is 0.107. The maximum absolute atomic E-state index is 12.7. The summed E-state index contributed by atoms with van der Waals surface area (Å²) in [6.07, 6.45) is 0. The number of carbonyl (C=O) groups excluding carboxylic acids is 3. The Bertz CT molecular complexity index is 1370. The molecule has 0 heterocycles. The first-order valence-corrected chi connectivity index (χ1v) is 12.0. The molecule has 4 aromatic rings. The summed E-state index contributed by atoms with van der Waals surface area (Å²) in [6, 6.07) is 27.9. The van der Waals surface area contributed by atoms with E-state index in [2.05, 4.69) is 16.0 Å². The zero-order valence-corrected chi connectivity index (χ0v) is 20.2. The van der Waals surface area contributed by atoms with Crippen LogP contribution in [0.2, 0.25) is 0 Å². The Morgan fingerprint density at radius 3 is 1.91 bits per heavy atom. The number of carbonyl (C=O) groups is 3. The van der Waals surface area contributed by atoms with Gasteiger partial charge in [-0.25, -0.2) is 0 Å². The molecule has 0 radical (unpaired) electrons. The second-order valence-electron chi connectivity index (χ2n) is 8.05. The highest BCUT2D eigenvalue weighted by Gasteiger charge is 2.15. The van der Waals surface area contributed by atoms with Crippen LogP contribution in [-0.2, 0) is 9.59 Å². The topological polar surface area (TPSA) is 87.3 Å². The third kappa shape index (κ3) is 6.49. The fourth-order valence-electron chi connectivity index (χ4n) is 3.49. The second kappa shape index (κ2) is 10.9. The van der Waals surface area contributed by atoms with E-state index in [-0.39, 0.29) is 23.0 Å². The SMILES string of the molecule is CC(=O)Nc1ccc(NC(=O)C(C)Sc2ccc(NC(=O)c3ccc4ccccc4c3)cc2)cc1. The van der Waals surface area contributed by atoms with Crippen molar-refractivity contribution in [1.82, 2.24) is 0 Å². The fourth-order valence-corrected chi connectivity index (χ4v) is 4.36. The summed E-state index contributed by atoms with van der Waals surface area (Å²) < 4.78 is 0. The van der Waals surface area contributed by atoms with Crippen LogP contribution in [0.4, 0.5) is 17.1 Å². The molecule has 4 aromatic carbocycles. The second-order valence-corrected chi connectivity index (χ2v) is 9.46. The molecule has 1 atom stereocenters. The number of rotatable bonds is 7. The molecule has 176 valence electrons. The molecule has 4 rings (SSSR count). The molecule has 1 unspecified atom stereocenters. The molecule has 0 fully saturated rings. The van der Waals surface area contributed by atoms with E-state index in [0.29, 0.717) is 22.6 Å². The summed E-state index contributed by atoms with van der Waals surface area (Å²) in [7, 11) is 0. The summed E-state index contributed by atoms with van der Waals surface area (Å²) >= 11 is 1.43. The first kappa shape index (κ1) is 24.0. The summed E-state index contributed by atoms with van der Waals surface area (Å²) in [4.78, 5) is 37.3. The van der Waals surface area contributed by atoms with Crippen molar-refractivity contribution in [3.05, 3.63) is 96.6 Å². The highest BCUT2D eigenvalue weighted by atomic mass is 32.2. The molecule has 7 heteroatoms. The number of thioether (sulfide) groups is 1. The highest BCUT2D eigenvalue weighted by Crippen LogP contribution is 2.26. The first-order chi connectivity index (χ1) is 16.9. The van der Waals surface area contributed by atoms with Crippen molar-refractivity contribution in [2.45, 2.75) is 24.0 Å². The van der Waals surface area contributed by atoms with Crippen LogP contribution >= 0.6 is 11.8 Å². The molecule has 3 amide bonds. The number of nitrogens with one attached hydrogen (secondary N) is 3. The van der Waals surface area contributed by atoms with Gasteiger partial charge < -0.3 is 16.0 Å². The van der Waals surface area contributed by atoms with Crippen molar-refractivity contribution in [3.8, 4) is 0 Å². The van der Waals surface area contributed by atoms with Crippen LogP contribution in [0.15, 0.2) is 95.9 Å². The smallest absolute Gasteiger partial charge is 0.255 e. The minimum atomic E-state index is -0.330. The number of amides is 3. The molecule has 0 aliphatic carbocycles. The number of hydrogen-bond donors (Lipinski definition) is 3. The van der Waals surface area contributed by atoms with Gasteiger partial charge in [-0.1, -0.05) is 30.3 Å². The Labute approximate surface area is 208 Å². The van der Waals surface area contributed by atoms with Crippen molar-refractivity contribution in [2.75, 3.05) is 16.0 Å². The van der Waals surface area contributed by atoms with E-state index >= 15 is 0 Å². The van der Waals surface area contributed by atoms with Crippen LogP contribution in [0.1, 0.15) is 24.2 Å². The van der Waals surface area contributed by atoms with E-state index in [0.717, 1.165) is 15.7 Å². The van der Waals surface area contributed by atoms with Gasteiger partial charge in [0, 0.05) is 34.4 Å². The lowest BCUT2D eigenvalue weighted by molar-refractivity contribution is -0.115. The summed E-state index contributed by atoms with van der Waals surface area (Å²) in [5, 5.41) is 10.3. The Hall–Kier alpha value is -4.10. The van der Waals surface area contributed by atoms with Gasteiger partial charge in [0.1, 0.15) is 0 Å². The van der Waals surface area contributed by atoms with Gasteiger partial charge in [-0.3, -0.25) is 14.4 Å². The molecule has 0 saturated heterocycles. The molecule has 6 nitrogen and oxygen atoms in total. The molecule has 3 N–H and O–H groups in total. The average Bonchev–Trinajstić information content (AvgIpc) is 2.85. The normalized spacial score (nSPS) is 11.5. The third-order valence-electron chi connectivity index (χ3n) is 5.28. The van der Waals surface area contributed by atoms with Crippen LogP contribution < -0.4 is 16.0 Å². The molecule has 0 aliphatic rings. The molecule has 35 heavy (non-hydrogen) atoms. The maximum atomic E-state index is 12.7. The number of benzene rings is 4. The van der Waals surface area contributed by atoms with Gasteiger partial charge in [0.15, 0.2) is 0 Å². The van der Waals surface area contributed by atoms with Crippen LogP contribution in [0.5, 0.6) is 0 Å². The van der Waals surface area contributed by atoms with Crippen LogP contribution in [-0.4, -0.2) is 23.0 Å². The van der Waals surface area contributed by atoms with Gasteiger partial charge in [0.25, 0.3) is 5.91 Å². The zero-order chi connectivity index (χ0) is 24.8. The van der Waals surface area contributed by atoms with Gasteiger partial charge in [-0.15, -0.1) is 11.8 Å². The lowest BCUT2D eigenvalue weighted by Gasteiger charge is -2.13. The van der Waals surface area contributed by atoms with E-state index in [1.54, 1.807) is 24.3 Å². The number of fused-ring (bicyclic) bond motifs is 1. The molecular weight excluding hydrogens is 458 g/mol. The summed E-state index contributed by atoms with van der Waals surface area (Å²) in [5.74, 6) is -0.449. The minimum absolute atomic E-state index is 0.129. The summed E-state index contributed by atoms with van der Waals surface area (Å²) in [6.45, 7) is 3.28. The van der Waals surface area contributed by atoms with Crippen molar-refractivity contribution in [3.63, 3.8) is 0 Å². The Kier molecular flexibility index (Phi) is 7.48. The van der Waals surface area contributed by atoms with E-state index in [1.807, 2.05) is 73.7 Å². The first-order valence-electron chi connectivity index (χ1n) is 11.1. The van der Waals surface area contributed by atoms with Crippen molar-refractivity contribution >= 4 is 57.3 Å². The van der Waals surface area contributed by atoms with Crippen molar-refractivity contribution in [1.29, 1.82) is 0 Å². The minimum Gasteiger partial charge on any atom is -0.326 e. The standard InChI is InChI=1S/C28H25N3O3S/c1-18(27(33)30-24-11-9-23(10-12-24)29-19(2)32)35-26-15-13-25(14-16-26)31-28(34)22-8-7-20-5-3-4-6-21(20)17-22/h3-18H,1-2H3,(H,29,32)(H,30,33)(H,31,34). The molecule has 0 saturated carbocycles. The van der Waals surface area contributed by atoms with Crippen LogP contribution in [0.25, 0.3) is 10.8 Å². The monoisotopic (exact) mass is 483 g/mol. The van der Waals surface area contributed by atoms with Gasteiger partial charge in [0.2, 0.25) is 11.8 Å². The number of anilines is 3. The van der Waals surface area contributed by atoms with E-state index in [4.69, 9.17) is 0 Å². The summed E-state index contributed by atoms with van der Waals surface area (Å²) in [5.41, 5.74) is 2.61. The van der Waals surface area contributed by atoms with E-state index < -0.39 is 0 Å². The molecular formula is C28H25N3O3S. The Morgan fingerprint density at radius 2 is 1.26 bits per heavy atom. The zero-order valence-electron chi connectivity index (χ0n) is 19.4. The predicted octanol–water partition coefficient (Wildman–Crippen LogP) is 6.17. The van der Waals surface area contributed by atoms with Crippen molar-refractivity contribution in [2.24, 2.45) is 0 Å². The van der Waals surface area contributed by atoms with E-state index in [1.165, 1.54) is 18.7 Å². The Morgan fingerprint density at radius 1 is 0.686 bits per heavy atom. The lowest BCUT2D eigenvalue weighted by Crippen LogP contribution is -2.22. The molecule has 0 aromatic heterocycles. The predicted molar refractivity (Wildman–Crippen MR) is 143 cm³/mol. The quantitative estimate of drug-likeness (QED) is 0.274. The molecule has 0 bridgehead atoms. The number of hydrogen-bond acceptors (Lipinski definition) is 4. The maximum Gasteiger partial charge on any atom is 0.255 e. The van der Waals surface area contributed by atoms with Crippen LogP contribution in [0.3, 0.4) is 0 Å². The molecule has 0 spiro atoms. The highest BCUT2D eigenvalue weighted by molar-refractivity contribution is 8.00. The molecule has 0 aliphatic heterocycles. The third-order valence-corrected chi connectivity index (χ3v) is 6.39. The van der Waals surface area contributed by atoms with Gasteiger partial charge in [-0.05, 0) is 78.4 Å². The van der Waals surface area contributed by atoms with Crippen molar-refractivity contribution < 1.29 is 14.4 Å². The van der Waals surface area contributed by atoms with Gasteiger partial charge >= 0.3 is 0 Å².